The maximum Gasteiger partial charge on any atom is 0.255 e. The quantitative estimate of drug-likeness (QED) is 0.269. The Labute approximate surface area is 208 Å². The maximum absolute atomic E-state index is 12.9. The third-order valence-corrected chi connectivity index (χ3v) is 7.22. The van der Waals surface area contributed by atoms with E-state index in [-0.39, 0.29) is 5.91 Å². The minimum absolute atomic E-state index is 0.0616. The van der Waals surface area contributed by atoms with Gasteiger partial charge in [0.25, 0.3) is 5.91 Å². The summed E-state index contributed by atoms with van der Waals surface area (Å²) in [4.78, 5) is 18.8. The van der Waals surface area contributed by atoms with Gasteiger partial charge in [-0.05, 0) is 78.3 Å². The second kappa shape index (κ2) is 10.9. The van der Waals surface area contributed by atoms with Crippen LogP contribution in [0.4, 0.5) is 5.69 Å². The molecule has 1 aromatic heterocycles. The topological polar surface area (TPSA) is 48.1 Å². The van der Waals surface area contributed by atoms with Crippen LogP contribution in [0, 0.1) is 0 Å². The van der Waals surface area contributed by atoms with Crippen LogP contribution in [0.3, 0.4) is 0 Å². The molecule has 2 N–H and O–H groups in total. The van der Waals surface area contributed by atoms with Crippen molar-refractivity contribution in [1.82, 2.24) is 9.88 Å². The van der Waals surface area contributed by atoms with Gasteiger partial charge in [-0.3, -0.25) is 9.69 Å². The second-order valence-electron chi connectivity index (χ2n) is 9.73. The first-order valence-corrected chi connectivity index (χ1v) is 13.0. The van der Waals surface area contributed by atoms with Gasteiger partial charge in [0.2, 0.25) is 0 Å². The summed E-state index contributed by atoms with van der Waals surface area (Å²) in [7, 11) is 0. The smallest absolute Gasteiger partial charge is 0.255 e. The molecule has 1 amide bonds. The standard InChI is InChI=1S/C31H35N3O/c1-2-3-4-7-23-10-12-25(13-11-23)31(35)33-28-14-15-30-29(20-28)26(21-32-30)17-19-34-18-16-24-8-5-6-9-27(24)22-34/h5-6,8-15,20-21,32H,2-4,7,16-19,22H2,1H3,(H,33,35). The molecule has 180 valence electrons. The van der Waals surface area contributed by atoms with Crippen molar-refractivity contribution in [2.45, 2.75) is 52.0 Å². The van der Waals surface area contributed by atoms with Gasteiger partial charge in [-0.2, -0.15) is 0 Å². The number of amides is 1. The Morgan fingerprint density at radius 3 is 2.63 bits per heavy atom. The fourth-order valence-corrected chi connectivity index (χ4v) is 5.09. The summed E-state index contributed by atoms with van der Waals surface area (Å²) in [6.45, 7) is 5.38. The molecule has 1 aliphatic rings. The van der Waals surface area contributed by atoms with E-state index in [9.17, 15) is 4.79 Å². The number of carbonyl (C=O) groups is 1. The van der Waals surface area contributed by atoms with E-state index in [2.05, 4.69) is 76.9 Å². The lowest BCUT2D eigenvalue weighted by Gasteiger charge is -2.28. The molecule has 0 fully saturated rings. The molecule has 4 heteroatoms. The lowest BCUT2D eigenvalue weighted by Crippen LogP contribution is -2.32. The Morgan fingerprint density at radius 1 is 0.971 bits per heavy atom. The molecule has 0 bridgehead atoms. The number of rotatable bonds is 9. The van der Waals surface area contributed by atoms with Gasteiger partial charge >= 0.3 is 0 Å². The van der Waals surface area contributed by atoms with Crippen molar-refractivity contribution in [1.29, 1.82) is 0 Å². The Bertz CT molecular complexity index is 1290. The van der Waals surface area contributed by atoms with Gasteiger partial charge in [-0.25, -0.2) is 0 Å². The van der Waals surface area contributed by atoms with Crippen LogP contribution in [0.5, 0.6) is 0 Å². The highest BCUT2D eigenvalue weighted by Crippen LogP contribution is 2.25. The number of nitrogens with zero attached hydrogens (tertiary/aromatic N) is 1. The van der Waals surface area contributed by atoms with Gasteiger partial charge in [-0.15, -0.1) is 0 Å². The highest BCUT2D eigenvalue weighted by atomic mass is 16.1. The van der Waals surface area contributed by atoms with Crippen LogP contribution in [-0.2, 0) is 25.8 Å². The van der Waals surface area contributed by atoms with E-state index in [1.165, 1.54) is 46.9 Å². The highest BCUT2D eigenvalue weighted by Gasteiger charge is 2.16. The summed E-state index contributed by atoms with van der Waals surface area (Å²) in [6, 6.07) is 23.0. The van der Waals surface area contributed by atoms with Crippen molar-refractivity contribution in [3.63, 3.8) is 0 Å². The predicted octanol–water partition coefficient (Wildman–Crippen LogP) is 6.75. The van der Waals surface area contributed by atoms with E-state index < -0.39 is 0 Å². The van der Waals surface area contributed by atoms with Gasteiger partial charge in [0, 0.05) is 48.0 Å². The number of anilines is 1. The van der Waals surface area contributed by atoms with Crippen LogP contribution in [0.2, 0.25) is 0 Å². The van der Waals surface area contributed by atoms with E-state index in [1.807, 2.05) is 18.2 Å². The van der Waals surface area contributed by atoms with Crippen LogP contribution >= 0.6 is 0 Å². The molecule has 1 aliphatic heterocycles. The first kappa shape index (κ1) is 23.4. The van der Waals surface area contributed by atoms with Crippen molar-refractivity contribution in [3.05, 3.63) is 101 Å². The van der Waals surface area contributed by atoms with E-state index >= 15 is 0 Å². The number of aryl methyl sites for hydroxylation is 1. The molecule has 4 aromatic rings. The molecule has 35 heavy (non-hydrogen) atoms. The van der Waals surface area contributed by atoms with Crippen molar-refractivity contribution in [2.75, 3.05) is 18.4 Å². The average Bonchev–Trinajstić information content (AvgIpc) is 3.30. The normalized spacial score (nSPS) is 13.6. The number of carbonyl (C=O) groups excluding carboxylic acids is 1. The summed E-state index contributed by atoms with van der Waals surface area (Å²) >= 11 is 0. The number of hydrogen-bond donors (Lipinski definition) is 2. The summed E-state index contributed by atoms with van der Waals surface area (Å²) in [5.74, 6) is -0.0616. The molecule has 0 saturated heterocycles. The van der Waals surface area contributed by atoms with Crippen LogP contribution in [0.25, 0.3) is 10.9 Å². The number of aromatic nitrogens is 1. The third kappa shape index (κ3) is 5.66. The fraction of sp³-hybridized carbons (Fsp3) is 0.323. The average molecular weight is 466 g/mol. The van der Waals surface area contributed by atoms with Crippen molar-refractivity contribution in [2.24, 2.45) is 0 Å². The van der Waals surface area contributed by atoms with Gasteiger partial charge in [0.05, 0.1) is 0 Å². The summed E-state index contributed by atoms with van der Waals surface area (Å²) < 4.78 is 0. The summed E-state index contributed by atoms with van der Waals surface area (Å²) in [5.41, 5.74) is 8.18. The zero-order chi connectivity index (χ0) is 24.0. The van der Waals surface area contributed by atoms with Crippen LogP contribution in [0.1, 0.15) is 58.8 Å². The van der Waals surface area contributed by atoms with Crippen molar-refractivity contribution < 1.29 is 4.79 Å². The SMILES string of the molecule is CCCCCc1ccc(C(=O)Nc2ccc3[nH]cc(CCN4CCc5ccccc5C4)c3c2)cc1. The molecule has 4 nitrogen and oxygen atoms in total. The third-order valence-electron chi connectivity index (χ3n) is 7.22. The monoisotopic (exact) mass is 465 g/mol. The molecule has 0 atom stereocenters. The molecule has 0 unspecified atom stereocenters. The van der Waals surface area contributed by atoms with Gasteiger partial charge in [-0.1, -0.05) is 56.2 Å². The molecule has 0 aliphatic carbocycles. The molecule has 5 rings (SSSR count). The first-order chi connectivity index (χ1) is 17.2. The van der Waals surface area contributed by atoms with Crippen molar-refractivity contribution in [3.8, 4) is 0 Å². The number of H-pyrrole nitrogens is 1. The molecule has 0 radical (unpaired) electrons. The maximum atomic E-state index is 12.9. The van der Waals surface area contributed by atoms with Crippen LogP contribution in [-0.4, -0.2) is 28.9 Å². The zero-order valence-corrected chi connectivity index (χ0v) is 20.6. The molecule has 2 heterocycles. The predicted molar refractivity (Wildman–Crippen MR) is 145 cm³/mol. The molecule has 0 saturated carbocycles. The number of unbranched alkanes of at least 4 members (excludes halogenated alkanes) is 2. The van der Waals surface area contributed by atoms with Gasteiger partial charge in [0.1, 0.15) is 0 Å². The van der Waals surface area contributed by atoms with E-state index in [0.29, 0.717) is 5.56 Å². The number of fused-ring (bicyclic) bond motifs is 2. The first-order valence-electron chi connectivity index (χ1n) is 13.0. The summed E-state index contributed by atoms with van der Waals surface area (Å²) in [5, 5.41) is 4.28. The molecule has 0 spiro atoms. The van der Waals surface area contributed by atoms with Gasteiger partial charge < -0.3 is 10.3 Å². The fourth-order valence-electron chi connectivity index (χ4n) is 5.09. The Kier molecular flexibility index (Phi) is 7.29. The molecule has 3 aromatic carbocycles. The Morgan fingerprint density at radius 2 is 1.80 bits per heavy atom. The summed E-state index contributed by atoms with van der Waals surface area (Å²) in [6.07, 6.45) is 8.97. The largest absolute Gasteiger partial charge is 0.361 e. The van der Waals surface area contributed by atoms with Crippen LogP contribution in [0.15, 0.2) is 72.9 Å². The van der Waals surface area contributed by atoms with Gasteiger partial charge in [0.15, 0.2) is 0 Å². The molecular formula is C31H35N3O. The van der Waals surface area contributed by atoms with E-state index in [0.717, 1.165) is 50.1 Å². The Hall–Kier alpha value is -3.37. The lowest BCUT2D eigenvalue weighted by molar-refractivity contribution is 0.102. The zero-order valence-electron chi connectivity index (χ0n) is 20.6. The number of aromatic amines is 1. The minimum Gasteiger partial charge on any atom is -0.361 e. The van der Waals surface area contributed by atoms with E-state index in [4.69, 9.17) is 0 Å². The number of nitrogens with one attached hydrogen (secondary N) is 2. The number of benzene rings is 3. The lowest BCUT2D eigenvalue weighted by atomic mass is 9.99. The highest BCUT2D eigenvalue weighted by molar-refractivity contribution is 6.05. The van der Waals surface area contributed by atoms with Crippen molar-refractivity contribution >= 4 is 22.5 Å². The number of hydrogen-bond acceptors (Lipinski definition) is 2. The minimum atomic E-state index is -0.0616. The van der Waals surface area contributed by atoms with Crippen LogP contribution < -0.4 is 5.32 Å². The Balaban J connectivity index is 1.21. The second-order valence-corrected chi connectivity index (χ2v) is 9.73. The molecular weight excluding hydrogens is 430 g/mol. The van der Waals surface area contributed by atoms with E-state index in [1.54, 1.807) is 0 Å².